The average Bonchev–Trinajstić information content (AvgIpc) is 4.36. The van der Waals surface area contributed by atoms with Crippen molar-refractivity contribution in [2.45, 2.75) is 143 Å². The van der Waals surface area contributed by atoms with Gasteiger partial charge in [-0.3, -0.25) is 24.9 Å². The van der Waals surface area contributed by atoms with E-state index in [-0.39, 0.29) is 0 Å². The highest BCUT2D eigenvalue weighted by molar-refractivity contribution is 5.84. The monoisotopic (exact) mass is 1060 g/mol. The van der Waals surface area contributed by atoms with Crippen molar-refractivity contribution < 1.29 is 0 Å². The Bertz CT molecular complexity index is 4190. The molecule has 5 aliphatic rings. The zero-order valence-corrected chi connectivity index (χ0v) is 50.7. The molecule has 0 unspecified atom stereocenters. The molecule has 0 atom stereocenters. The Hall–Kier alpha value is -8.15. The number of rotatable bonds is 0. The largest absolute Gasteiger partial charge is 0.260 e. The lowest BCUT2D eigenvalue weighted by Gasteiger charge is -2.12. The van der Waals surface area contributed by atoms with Gasteiger partial charge in [0.25, 0.3) is 0 Å². The van der Waals surface area contributed by atoms with E-state index in [9.17, 15) is 0 Å². The molecule has 0 fully saturated rings. The molecule has 15 rings (SSSR count). The van der Waals surface area contributed by atoms with Crippen molar-refractivity contribution in [3.63, 3.8) is 0 Å². The van der Waals surface area contributed by atoms with E-state index in [0.29, 0.717) is 0 Å². The second-order valence-corrected chi connectivity index (χ2v) is 23.8. The molecule has 0 N–H and O–H groups in total. The van der Waals surface area contributed by atoms with E-state index >= 15 is 0 Å². The summed E-state index contributed by atoms with van der Waals surface area (Å²) in [5.74, 6) is 0. The maximum Gasteiger partial charge on any atom is 0.0532 e. The van der Waals surface area contributed by atoms with Crippen LogP contribution in [0.2, 0.25) is 0 Å². The van der Waals surface area contributed by atoms with Gasteiger partial charge in [-0.1, -0.05) is 102 Å². The molecule has 0 aliphatic heterocycles. The van der Waals surface area contributed by atoms with E-state index in [1.807, 2.05) is 24.8 Å². The zero-order chi connectivity index (χ0) is 57.3. The predicted octanol–water partition coefficient (Wildman–Crippen LogP) is 18.2. The van der Waals surface area contributed by atoms with Crippen LogP contribution in [0.25, 0.3) is 55.6 Å². The molecule has 0 saturated heterocycles. The van der Waals surface area contributed by atoms with Gasteiger partial charge in [-0.25, -0.2) is 0 Å². The standard InChI is InChI=1S/C16H17N.4C15H15N/c1-9-6-5-7-13-8-14-16(15(9)13)11(3)10(2)12(4)17-14;1-9-4-5-13-12(6-9)7-14-15(13)11(3)10(2)8-16-14;1-9-4-5-12-7-14-15(13(12)6-9)11(3)10(2)8-16-14;1-9-5-4-6-12-13(9)7-14-15(12)11(3)10(2)8-16-14;1-9-5-4-6-12-7-13-15(14(9)12)11(3)10(2)8-16-13/h5-7H,8H2,1-4H3;4*4-6,8H,7H2,1-3H3. The first-order chi connectivity index (χ1) is 38.8. The second kappa shape index (κ2) is 21.7. The van der Waals surface area contributed by atoms with Gasteiger partial charge in [0.05, 0.1) is 28.5 Å². The van der Waals surface area contributed by atoms with Crippen molar-refractivity contribution in [2.75, 3.05) is 0 Å². The van der Waals surface area contributed by atoms with Crippen molar-refractivity contribution in [3.8, 4) is 55.6 Å². The SMILES string of the molecule is Cc1ccc2c(c1)-c1c(ncc(C)c1C)C2.Cc1ccc2c(c1)Cc1ncc(C)c(C)c1-2.Cc1cccc2c1-c1c(nc(C)c(C)c1C)C2.Cc1cnc2c(c1C)-c1c(C)cccc1C2.Cc1cnc2c(c1C)-c1cccc(C)c1C2. The maximum absolute atomic E-state index is 4.77. The summed E-state index contributed by atoms with van der Waals surface area (Å²) >= 11 is 0. The number of hydrogen-bond donors (Lipinski definition) is 0. The number of aryl methyl sites for hydroxylation is 10. The molecule has 0 spiro atoms. The third-order valence-electron chi connectivity index (χ3n) is 18.5. The summed E-state index contributed by atoms with van der Waals surface area (Å²) < 4.78 is 0. The molecule has 5 aliphatic carbocycles. The van der Waals surface area contributed by atoms with Crippen LogP contribution in [-0.2, 0) is 32.1 Å². The summed E-state index contributed by atoms with van der Waals surface area (Å²) in [6.07, 6.45) is 12.9. The first-order valence-electron chi connectivity index (χ1n) is 29.0. The van der Waals surface area contributed by atoms with Gasteiger partial charge in [-0.2, -0.15) is 0 Å². The Labute approximate surface area is 482 Å². The molecule has 5 aromatic heterocycles. The van der Waals surface area contributed by atoms with Gasteiger partial charge in [0.1, 0.15) is 0 Å². The minimum atomic E-state index is 0.992. The highest BCUT2D eigenvalue weighted by Crippen LogP contribution is 2.44. The van der Waals surface area contributed by atoms with Gasteiger partial charge in [0.2, 0.25) is 0 Å². The van der Waals surface area contributed by atoms with Crippen LogP contribution in [0.4, 0.5) is 0 Å². The number of pyridine rings is 5. The van der Waals surface area contributed by atoms with Crippen LogP contribution < -0.4 is 0 Å². The molecule has 0 amide bonds. The minimum absolute atomic E-state index is 0.992. The summed E-state index contributed by atoms with van der Waals surface area (Å²) in [5.41, 5.74) is 48.7. The van der Waals surface area contributed by atoms with E-state index in [1.165, 1.54) is 201 Å². The number of benzene rings is 5. The molecule has 0 radical (unpaired) electrons. The van der Waals surface area contributed by atoms with E-state index in [4.69, 9.17) is 4.98 Å². The lowest BCUT2D eigenvalue weighted by atomic mass is 9.95. The van der Waals surface area contributed by atoms with Crippen molar-refractivity contribution in [1.29, 1.82) is 0 Å². The third-order valence-corrected chi connectivity index (χ3v) is 18.5. The Morgan fingerprint density at radius 1 is 0.272 bits per heavy atom. The highest BCUT2D eigenvalue weighted by Gasteiger charge is 2.28. The molecule has 5 heteroatoms. The first kappa shape index (κ1) is 54.8. The van der Waals surface area contributed by atoms with Crippen LogP contribution in [-0.4, -0.2) is 24.9 Å². The highest BCUT2D eigenvalue weighted by atomic mass is 14.7. The summed E-state index contributed by atoms with van der Waals surface area (Å²) in [4.78, 5) is 23.0. The summed E-state index contributed by atoms with van der Waals surface area (Å²) in [6.45, 7) is 34.7. The molecule has 406 valence electrons. The maximum atomic E-state index is 4.77. The van der Waals surface area contributed by atoms with Crippen LogP contribution in [0.1, 0.15) is 145 Å². The van der Waals surface area contributed by atoms with E-state index < -0.39 is 0 Å². The van der Waals surface area contributed by atoms with E-state index in [2.05, 4.69) is 222 Å². The Morgan fingerprint density at radius 3 is 1.27 bits per heavy atom. The molecule has 81 heavy (non-hydrogen) atoms. The fraction of sp³-hybridized carbons (Fsp3) is 0.276. The Morgan fingerprint density at radius 2 is 0.691 bits per heavy atom. The number of fused-ring (bicyclic) bond motifs is 15. The quantitative estimate of drug-likeness (QED) is 0.151. The summed E-state index contributed by atoms with van der Waals surface area (Å²) in [5, 5.41) is 0. The Balaban J connectivity index is 0.000000107. The van der Waals surface area contributed by atoms with Gasteiger partial charge in [-0.05, 0) is 239 Å². The molecule has 10 aromatic rings. The molecule has 0 bridgehead atoms. The molecular weight excluding hydrogens is 983 g/mol. The predicted molar refractivity (Wildman–Crippen MR) is 338 cm³/mol. The number of hydrogen-bond acceptors (Lipinski definition) is 5. The fourth-order valence-corrected chi connectivity index (χ4v) is 13.1. The van der Waals surface area contributed by atoms with Gasteiger partial charge < -0.3 is 0 Å². The van der Waals surface area contributed by atoms with Crippen LogP contribution in [0, 0.1) is 111 Å². The number of nitrogens with zero attached hydrogens (tertiary/aromatic N) is 5. The minimum Gasteiger partial charge on any atom is -0.260 e. The van der Waals surface area contributed by atoms with Crippen LogP contribution in [0.3, 0.4) is 0 Å². The normalized spacial score (nSPS) is 12.4. The van der Waals surface area contributed by atoms with Gasteiger partial charge in [0.15, 0.2) is 0 Å². The van der Waals surface area contributed by atoms with Gasteiger partial charge >= 0.3 is 0 Å². The smallest absolute Gasteiger partial charge is 0.0532 e. The third kappa shape index (κ3) is 9.93. The topological polar surface area (TPSA) is 64.5 Å². The van der Waals surface area contributed by atoms with Crippen LogP contribution >= 0.6 is 0 Å². The van der Waals surface area contributed by atoms with Crippen molar-refractivity contribution in [3.05, 3.63) is 261 Å². The Kier molecular flexibility index (Phi) is 14.7. The van der Waals surface area contributed by atoms with Crippen molar-refractivity contribution >= 4 is 0 Å². The van der Waals surface area contributed by atoms with E-state index in [1.54, 1.807) is 0 Å². The molecule has 5 aromatic carbocycles. The average molecular weight is 1060 g/mol. The van der Waals surface area contributed by atoms with E-state index in [0.717, 1.165) is 32.1 Å². The first-order valence-corrected chi connectivity index (χ1v) is 29.0. The lowest BCUT2D eigenvalue weighted by Crippen LogP contribution is -1.98. The zero-order valence-electron chi connectivity index (χ0n) is 50.7. The molecule has 5 nitrogen and oxygen atoms in total. The lowest BCUT2D eigenvalue weighted by molar-refractivity contribution is 1.04. The van der Waals surface area contributed by atoms with Gasteiger partial charge in [-0.15, -0.1) is 0 Å². The molecular formula is C76H77N5. The van der Waals surface area contributed by atoms with Gasteiger partial charge in [0, 0.05) is 90.4 Å². The van der Waals surface area contributed by atoms with Crippen molar-refractivity contribution in [2.24, 2.45) is 0 Å². The fourth-order valence-electron chi connectivity index (χ4n) is 13.1. The summed E-state index contributed by atoms with van der Waals surface area (Å²) in [6, 6.07) is 33.1. The summed E-state index contributed by atoms with van der Waals surface area (Å²) in [7, 11) is 0. The molecule has 5 heterocycles. The number of aromatic nitrogens is 5. The second-order valence-electron chi connectivity index (χ2n) is 23.8. The van der Waals surface area contributed by atoms with Crippen molar-refractivity contribution in [1.82, 2.24) is 24.9 Å². The molecule has 0 saturated carbocycles. The van der Waals surface area contributed by atoms with Crippen LogP contribution in [0.5, 0.6) is 0 Å². The van der Waals surface area contributed by atoms with Crippen LogP contribution in [0.15, 0.2) is 116 Å².